The zero-order valence-electron chi connectivity index (χ0n) is 10.6. The first kappa shape index (κ1) is 13.1. The molecule has 1 aliphatic heterocycles. The molecule has 0 unspecified atom stereocenters. The molecule has 1 atom stereocenters. The summed E-state index contributed by atoms with van der Waals surface area (Å²) in [4.78, 5) is 24.3. The van der Waals surface area contributed by atoms with E-state index in [0.29, 0.717) is 6.61 Å². The van der Waals surface area contributed by atoms with Crippen LogP contribution in [0.4, 0.5) is 4.79 Å². The Hall–Kier alpha value is -2.30. The van der Waals surface area contributed by atoms with Crippen molar-refractivity contribution in [1.82, 2.24) is 4.90 Å². The minimum absolute atomic E-state index is 0.209. The van der Waals surface area contributed by atoms with E-state index in [2.05, 4.69) is 0 Å². The van der Waals surface area contributed by atoms with Gasteiger partial charge in [0.1, 0.15) is 6.61 Å². The molecule has 1 fully saturated rings. The topological polar surface area (TPSA) is 55.8 Å². The van der Waals surface area contributed by atoms with Crippen LogP contribution in [0.25, 0.3) is 0 Å². The maximum absolute atomic E-state index is 11.6. The van der Waals surface area contributed by atoms with E-state index >= 15 is 0 Å². The standard InChI is InChI=1S/C14H15NO4/c1-2-18-13(16)8-9-15-12(10-19-14(15)17)11-6-4-3-5-7-11/h3-9,12H,2,10H2,1H3/b9-8-/t12-/m1/s1. The first-order chi connectivity index (χ1) is 9.22. The third kappa shape index (κ3) is 3.13. The van der Waals surface area contributed by atoms with Crippen LogP contribution in [-0.4, -0.2) is 30.2 Å². The van der Waals surface area contributed by atoms with Gasteiger partial charge in [-0.15, -0.1) is 0 Å². The van der Waals surface area contributed by atoms with Crippen LogP contribution in [0.2, 0.25) is 0 Å². The van der Waals surface area contributed by atoms with Gasteiger partial charge in [0.25, 0.3) is 0 Å². The van der Waals surface area contributed by atoms with Gasteiger partial charge in [-0.2, -0.15) is 0 Å². The molecule has 0 aromatic heterocycles. The van der Waals surface area contributed by atoms with Crippen molar-refractivity contribution in [2.24, 2.45) is 0 Å². The molecule has 1 heterocycles. The highest BCUT2D eigenvalue weighted by Gasteiger charge is 2.32. The summed E-state index contributed by atoms with van der Waals surface area (Å²) >= 11 is 0. The lowest BCUT2D eigenvalue weighted by Crippen LogP contribution is -2.22. The van der Waals surface area contributed by atoms with E-state index in [1.165, 1.54) is 17.2 Å². The van der Waals surface area contributed by atoms with Crippen LogP contribution < -0.4 is 0 Å². The van der Waals surface area contributed by atoms with Gasteiger partial charge in [0.15, 0.2) is 0 Å². The first-order valence-corrected chi connectivity index (χ1v) is 6.07. The lowest BCUT2D eigenvalue weighted by atomic mass is 10.1. The maximum atomic E-state index is 11.6. The lowest BCUT2D eigenvalue weighted by Gasteiger charge is -2.17. The Bertz CT molecular complexity index is 483. The Morgan fingerprint density at radius 2 is 2.21 bits per heavy atom. The van der Waals surface area contributed by atoms with Gasteiger partial charge in [-0.05, 0) is 12.5 Å². The molecule has 1 aromatic rings. The minimum atomic E-state index is -0.478. The maximum Gasteiger partial charge on any atom is 0.414 e. The van der Waals surface area contributed by atoms with Crippen molar-refractivity contribution in [3.05, 3.63) is 48.2 Å². The minimum Gasteiger partial charge on any atom is -0.463 e. The van der Waals surface area contributed by atoms with E-state index in [0.717, 1.165) is 5.56 Å². The van der Waals surface area contributed by atoms with Crippen molar-refractivity contribution >= 4 is 12.1 Å². The second-order valence-electron chi connectivity index (χ2n) is 3.98. The molecule has 2 rings (SSSR count). The van der Waals surface area contributed by atoms with Crippen molar-refractivity contribution in [3.63, 3.8) is 0 Å². The summed E-state index contributed by atoms with van der Waals surface area (Å²) in [7, 11) is 0. The number of ether oxygens (including phenoxy) is 2. The van der Waals surface area contributed by atoms with Crippen LogP contribution in [0.3, 0.4) is 0 Å². The highest BCUT2D eigenvalue weighted by molar-refractivity contribution is 5.83. The summed E-state index contributed by atoms with van der Waals surface area (Å²) in [6.45, 7) is 2.30. The monoisotopic (exact) mass is 261 g/mol. The molecule has 19 heavy (non-hydrogen) atoms. The number of carbonyl (C=O) groups is 2. The van der Waals surface area contributed by atoms with Crippen molar-refractivity contribution in [2.45, 2.75) is 13.0 Å². The van der Waals surface area contributed by atoms with Gasteiger partial charge >= 0.3 is 12.1 Å². The Morgan fingerprint density at radius 1 is 1.47 bits per heavy atom. The summed E-state index contributed by atoms with van der Waals surface area (Å²) in [6, 6.07) is 9.31. The fourth-order valence-corrected chi connectivity index (χ4v) is 1.86. The molecule has 1 aliphatic rings. The van der Waals surface area contributed by atoms with Crippen molar-refractivity contribution < 1.29 is 19.1 Å². The quantitative estimate of drug-likeness (QED) is 0.616. The summed E-state index contributed by atoms with van der Waals surface area (Å²) in [5.74, 6) is -0.478. The van der Waals surface area contributed by atoms with Gasteiger partial charge in [0.05, 0.1) is 12.6 Å². The van der Waals surface area contributed by atoms with Crippen molar-refractivity contribution in [2.75, 3.05) is 13.2 Å². The van der Waals surface area contributed by atoms with E-state index in [4.69, 9.17) is 9.47 Å². The summed E-state index contributed by atoms with van der Waals surface area (Å²) in [5, 5.41) is 0. The fraction of sp³-hybridized carbons (Fsp3) is 0.286. The van der Waals surface area contributed by atoms with Crippen LogP contribution in [0.1, 0.15) is 18.5 Å². The molecular weight excluding hydrogens is 246 g/mol. The fourth-order valence-electron chi connectivity index (χ4n) is 1.86. The number of benzene rings is 1. The van der Waals surface area contributed by atoms with Crippen LogP contribution in [0, 0.1) is 0 Å². The molecule has 1 aromatic carbocycles. The SMILES string of the molecule is CCOC(=O)/C=C\N1C(=O)OC[C@@H]1c1ccccc1. The molecule has 5 nitrogen and oxygen atoms in total. The van der Waals surface area contributed by atoms with Gasteiger partial charge in [-0.25, -0.2) is 9.59 Å². The molecule has 0 spiro atoms. The van der Waals surface area contributed by atoms with E-state index in [9.17, 15) is 9.59 Å². The van der Waals surface area contributed by atoms with Crippen LogP contribution in [-0.2, 0) is 14.3 Å². The second kappa shape index (κ2) is 6.04. The number of nitrogens with zero attached hydrogens (tertiary/aromatic N) is 1. The zero-order chi connectivity index (χ0) is 13.7. The Balaban J connectivity index is 2.12. The van der Waals surface area contributed by atoms with E-state index < -0.39 is 12.1 Å². The van der Waals surface area contributed by atoms with E-state index in [1.54, 1.807) is 6.92 Å². The number of amides is 1. The Labute approximate surface area is 111 Å². The highest BCUT2D eigenvalue weighted by Crippen LogP contribution is 2.27. The Kier molecular flexibility index (Phi) is 4.18. The number of hydrogen-bond acceptors (Lipinski definition) is 4. The Morgan fingerprint density at radius 3 is 2.89 bits per heavy atom. The summed E-state index contributed by atoms with van der Waals surface area (Å²) < 4.78 is 9.78. The van der Waals surface area contributed by atoms with Crippen molar-refractivity contribution in [1.29, 1.82) is 0 Å². The van der Waals surface area contributed by atoms with Crippen LogP contribution in [0.5, 0.6) is 0 Å². The molecule has 0 saturated carbocycles. The number of esters is 1. The van der Waals surface area contributed by atoms with Crippen molar-refractivity contribution in [3.8, 4) is 0 Å². The molecule has 1 amide bonds. The third-order valence-electron chi connectivity index (χ3n) is 2.75. The third-order valence-corrected chi connectivity index (χ3v) is 2.75. The number of carbonyl (C=O) groups excluding carboxylic acids is 2. The molecule has 5 heteroatoms. The molecule has 100 valence electrons. The molecule has 0 N–H and O–H groups in total. The highest BCUT2D eigenvalue weighted by atomic mass is 16.6. The molecule has 0 radical (unpaired) electrons. The normalized spacial score (nSPS) is 18.7. The van der Waals surface area contributed by atoms with Gasteiger partial charge in [0, 0.05) is 12.3 Å². The number of hydrogen-bond donors (Lipinski definition) is 0. The zero-order valence-corrected chi connectivity index (χ0v) is 10.6. The average Bonchev–Trinajstić information content (AvgIpc) is 2.79. The molecular formula is C14H15NO4. The van der Waals surface area contributed by atoms with E-state index in [1.807, 2.05) is 30.3 Å². The molecule has 1 saturated heterocycles. The number of cyclic esters (lactones) is 1. The summed E-state index contributed by atoms with van der Waals surface area (Å²) in [6.07, 6.45) is 2.17. The lowest BCUT2D eigenvalue weighted by molar-refractivity contribution is -0.137. The predicted octanol–water partition coefficient (Wildman–Crippen LogP) is 2.26. The number of rotatable bonds is 4. The largest absolute Gasteiger partial charge is 0.463 e. The van der Waals surface area contributed by atoms with E-state index in [-0.39, 0.29) is 12.6 Å². The predicted molar refractivity (Wildman–Crippen MR) is 68.1 cm³/mol. The second-order valence-corrected chi connectivity index (χ2v) is 3.98. The molecule has 0 aliphatic carbocycles. The molecule has 0 bridgehead atoms. The first-order valence-electron chi connectivity index (χ1n) is 6.07. The van der Waals surface area contributed by atoms with Gasteiger partial charge < -0.3 is 9.47 Å². The average molecular weight is 261 g/mol. The van der Waals surface area contributed by atoms with Crippen LogP contribution >= 0.6 is 0 Å². The smallest absolute Gasteiger partial charge is 0.414 e. The summed E-state index contributed by atoms with van der Waals surface area (Å²) in [5.41, 5.74) is 0.960. The van der Waals surface area contributed by atoms with Gasteiger partial charge in [0.2, 0.25) is 0 Å². The van der Waals surface area contributed by atoms with Gasteiger partial charge in [-0.3, -0.25) is 4.90 Å². The van der Waals surface area contributed by atoms with Gasteiger partial charge in [-0.1, -0.05) is 30.3 Å². The van der Waals surface area contributed by atoms with Crippen LogP contribution in [0.15, 0.2) is 42.6 Å².